The Kier molecular flexibility index (Phi) is 5.60. The quantitative estimate of drug-likeness (QED) is 0.856. The summed E-state index contributed by atoms with van der Waals surface area (Å²) in [4.78, 5) is 0. The first-order valence-corrected chi connectivity index (χ1v) is 6.95. The number of aliphatic hydroxyl groups excluding tert-OH is 2. The van der Waals surface area contributed by atoms with Gasteiger partial charge in [0.15, 0.2) is 0 Å². The number of aliphatic hydroxyl groups is 2. The molecule has 0 amide bonds. The standard InChI is InChI=1S/C16H16ClFO4/c1-21-14-5-10(7-19)16(11(6-14)8-20)22-9-12-4-13(17)2-3-15(12)18/h2-6,19-20H,7-9H2,1H3. The molecule has 0 aromatic heterocycles. The van der Waals surface area contributed by atoms with Gasteiger partial charge in [-0.05, 0) is 30.3 Å². The van der Waals surface area contributed by atoms with Gasteiger partial charge in [-0.15, -0.1) is 0 Å². The summed E-state index contributed by atoms with van der Waals surface area (Å²) in [5, 5.41) is 19.3. The first kappa shape index (κ1) is 16.5. The Balaban J connectivity index is 2.30. The molecular formula is C16H16ClFO4. The topological polar surface area (TPSA) is 58.9 Å². The third kappa shape index (κ3) is 3.68. The SMILES string of the molecule is COc1cc(CO)c(OCc2cc(Cl)ccc2F)c(CO)c1. The van der Waals surface area contributed by atoms with Crippen molar-refractivity contribution in [2.24, 2.45) is 0 Å². The Morgan fingerprint density at radius 3 is 2.23 bits per heavy atom. The molecule has 0 saturated carbocycles. The smallest absolute Gasteiger partial charge is 0.131 e. The van der Waals surface area contributed by atoms with E-state index in [4.69, 9.17) is 21.1 Å². The molecule has 0 aliphatic rings. The molecule has 4 nitrogen and oxygen atoms in total. The summed E-state index contributed by atoms with van der Waals surface area (Å²) in [6.45, 7) is -0.659. The Bertz CT molecular complexity index is 636. The van der Waals surface area contributed by atoms with E-state index in [1.165, 1.54) is 25.3 Å². The molecule has 0 aliphatic carbocycles. The van der Waals surface area contributed by atoms with Crippen LogP contribution in [0, 0.1) is 5.82 Å². The molecule has 0 aliphatic heterocycles. The number of ether oxygens (including phenoxy) is 2. The van der Waals surface area contributed by atoms with Crippen LogP contribution in [0.1, 0.15) is 16.7 Å². The lowest BCUT2D eigenvalue weighted by Gasteiger charge is -2.16. The molecule has 0 radical (unpaired) electrons. The number of hydrogen-bond acceptors (Lipinski definition) is 4. The van der Waals surface area contributed by atoms with Gasteiger partial charge in [0.2, 0.25) is 0 Å². The minimum atomic E-state index is -0.436. The van der Waals surface area contributed by atoms with Crippen molar-refractivity contribution in [2.75, 3.05) is 7.11 Å². The lowest BCUT2D eigenvalue weighted by atomic mass is 10.1. The van der Waals surface area contributed by atoms with E-state index in [9.17, 15) is 14.6 Å². The van der Waals surface area contributed by atoms with Crippen LogP contribution >= 0.6 is 11.6 Å². The van der Waals surface area contributed by atoms with Crippen LogP contribution in [0.3, 0.4) is 0 Å². The maximum atomic E-state index is 13.7. The van der Waals surface area contributed by atoms with Gasteiger partial charge in [-0.2, -0.15) is 0 Å². The molecule has 0 spiro atoms. The van der Waals surface area contributed by atoms with Gasteiger partial charge in [0.05, 0.1) is 20.3 Å². The van der Waals surface area contributed by atoms with Gasteiger partial charge in [-0.25, -0.2) is 4.39 Å². The van der Waals surface area contributed by atoms with Gasteiger partial charge in [-0.3, -0.25) is 0 Å². The van der Waals surface area contributed by atoms with Crippen LogP contribution < -0.4 is 9.47 Å². The number of hydrogen-bond donors (Lipinski definition) is 2. The third-order valence-electron chi connectivity index (χ3n) is 3.17. The maximum Gasteiger partial charge on any atom is 0.131 e. The highest BCUT2D eigenvalue weighted by Crippen LogP contribution is 2.31. The molecule has 6 heteroatoms. The van der Waals surface area contributed by atoms with Gasteiger partial charge >= 0.3 is 0 Å². The molecule has 0 heterocycles. The van der Waals surface area contributed by atoms with Gasteiger partial charge in [0.25, 0.3) is 0 Å². The molecule has 0 fully saturated rings. The Hall–Kier alpha value is -1.82. The first-order chi connectivity index (χ1) is 10.6. The molecule has 0 unspecified atom stereocenters. The second-order valence-corrected chi connectivity index (χ2v) is 5.05. The summed E-state index contributed by atoms with van der Waals surface area (Å²) in [5.41, 5.74) is 1.19. The van der Waals surface area contributed by atoms with Crippen LogP contribution in [0.25, 0.3) is 0 Å². The molecule has 0 saturated heterocycles. The van der Waals surface area contributed by atoms with Crippen LogP contribution in [0.4, 0.5) is 4.39 Å². The van der Waals surface area contributed by atoms with E-state index in [1.54, 1.807) is 12.1 Å². The van der Waals surface area contributed by atoms with E-state index in [0.29, 0.717) is 27.6 Å². The van der Waals surface area contributed by atoms with Crippen molar-refractivity contribution in [1.82, 2.24) is 0 Å². The molecule has 0 atom stereocenters. The monoisotopic (exact) mass is 326 g/mol. The molecule has 22 heavy (non-hydrogen) atoms. The fourth-order valence-corrected chi connectivity index (χ4v) is 2.26. The van der Waals surface area contributed by atoms with Crippen LogP contribution in [0.15, 0.2) is 30.3 Å². The Labute approximate surface area is 132 Å². The van der Waals surface area contributed by atoms with Crippen LogP contribution in [0.5, 0.6) is 11.5 Å². The highest BCUT2D eigenvalue weighted by Gasteiger charge is 2.13. The molecule has 2 rings (SSSR count). The summed E-state index contributed by atoms with van der Waals surface area (Å²) in [5.74, 6) is 0.369. The summed E-state index contributed by atoms with van der Waals surface area (Å²) in [6.07, 6.45) is 0. The van der Waals surface area contributed by atoms with Crippen molar-refractivity contribution in [3.63, 3.8) is 0 Å². The maximum absolute atomic E-state index is 13.7. The lowest BCUT2D eigenvalue weighted by molar-refractivity contribution is 0.239. The number of methoxy groups -OCH3 is 1. The van der Waals surface area contributed by atoms with Crippen molar-refractivity contribution >= 4 is 11.6 Å². The van der Waals surface area contributed by atoms with E-state index in [1.807, 2.05) is 0 Å². The van der Waals surface area contributed by atoms with Gasteiger partial charge in [-0.1, -0.05) is 11.6 Å². The van der Waals surface area contributed by atoms with E-state index in [0.717, 1.165) is 0 Å². The highest BCUT2D eigenvalue weighted by molar-refractivity contribution is 6.30. The molecule has 0 bridgehead atoms. The predicted molar refractivity (Wildman–Crippen MR) is 80.6 cm³/mol. The number of rotatable bonds is 6. The fraction of sp³-hybridized carbons (Fsp3) is 0.250. The summed E-state index contributed by atoms with van der Waals surface area (Å²) in [6, 6.07) is 7.38. The average molecular weight is 327 g/mol. The van der Waals surface area contributed by atoms with Gasteiger partial charge in [0, 0.05) is 21.7 Å². The summed E-state index contributed by atoms with van der Waals surface area (Å²) >= 11 is 5.84. The Morgan fingerprint density at radius 1 is 1.05 bits per heavy atom. The molecule has 2 N–H and O–H groups in total. The van der Waals surface area contributed by atoms with Crippen molar-refractivity contribution in [3.05, 3.63) is 57.9 Å². The second-order valence-electron chi connectivity index (χ2n) is 4.62. The fourth-order valence-electron chi connectivity index (χ4n) is 2.06. The van der Waals surface area contributed by atoms with Crippen molar-refractivity contribution in [3.8, 4) is 11.5 Å². The normalized spacial score (nSPS) is 10.6. The zero-order valence-corrected chi connectivity index (χ0v) is 12.7. The zero-order chi connectivity index (χ0) is 16.1. The zero-order valence-electron chi connectivity index (χ0n) is 12.0. The van der Waals surface area contributed by atoms with E-state index in [-0.39, 0.29) is 25.4 Å². The van der Waals surface area contributed by atoms with Crippen LogP contribution in [-0.2, 0) is 19.8 Å². The van der Waals surface area contributed by atoms with E-state index in [2.05, 4.69) is 0 Å². The number of halogens is 2. The first-order valence-electron chi connectivity index (χ1n) is 6.57. The van der Waals surface area contributed by atoms with E-state index < -0.39 is 5.82 Å². The van der Waals surface area contributed by atoms with Crippen molar-refractivity contribution in [2.45, 2.75) is 19.8 Å². The molecule has 2 aromatic carbocycles. The molecular weight excluding hydrogens is 311 g/mol. The minimum Gasteiger partial charge on any atom is -0.497 e. The van der Waals surface area contributed by atoms with Gasteiger partial charge in [0.1, 0.15) is 23.9 Å². The second kappa shape index (κ2) is 7.45. The van der Waals surface area contributed by atoms with Crippen molar-refractivity contribution in [1.29, 1.82) is 0 Å². The lowest BCUT2D eigenvalue weighted by Crippen LogP contribution is -2.05. The van der Waals surface area contributed by atoms with Crippen LogP contribution in [-0.4, -0.2) is 17.3 Å². The molecule has 2 aromatic rings. The van der Waals surface area contributed by atoms with Crippen molar-refractivity contribution < 1.29 is 24.1 Å². The third-order valence-corrected chi connectivity index (χ3v) is 3.41. The average Bonchev–Trinajstić information content (AvgIpc) is 2.54. The van der Waals surface area contributed by atoms with E-state index >= 15 is 0 Å². The summed E-state index contributed by atoms with van der Waals surface area (Å²) < 4.78 is 24.4. The predicted octanol–water partition coefficient (Wildman–Crippen LogP) is 3.05. The number of benzene rings is 2. The van der Waals surface area contributed by atoms with Gasteiger partial charge < -0.3 is 19.7 Å². The largest absolute Gasteiger partial charge is 0.497 e. The van der Waals surface area contributed by atoms with Crippen LogP contribution in [0.2, 0.25) is 5.02 Å². The molecule has 118 valence electrons. The highest BCUT2D eigenvalue weighted by atomic mass is 35.5. The Morgan fingerprint density at radius 2 is 1.68 bits per heavy atom. The minimum absolute atomic E-state index is 0.0707. The summed E-state index contributed by atoms with van der Waals surface area (Å²) in [7, 11) is 1.49.